The van der Waals surface area contributed by atoms with Crippen molar-refractivity contribution in [2.75, 3.05) is 13.1 Å². The molecule has 0 heterocycles. The average molecular weight is 279 g/mol. The van der Waals surface area contributed by atoms with Crippen LogP contribution in [0, 0.1) is 0 Å². The van der Waals surface area contributed by atoms with Crippen LogP contribution in [0.5, 0.6) is 0 Å². The van der Waals surface area contributed by atoms with Gasteiger partial charge in [-0.2, -0.15) is 0 Å². The van der Waals surface area contributed by atoms with Gasteiger partial charge in [0.2, 0.25) is 9.84 Å². The zero-order valence-corrected chi connectivity index (χ0v) is 12.5. The van der Waals surface area contributed by atoms with Crippen LogP contribution in [0.1, 0.15) is 20.8 Å². The molecule has 0 N–H and O–H groups in total. The first kappa shape index (κ1) is 15.5. The predicted molar refractivity (Wildman–Crippen MR) is 79.4 cm³/mol. The van der Waals surface area contributed by atoms with E-state index in [0.717, 1.165) is 13.1 Å². The zero-order chi connectivity index (χ0) is 14.3. The van der Waals surface area contributed by atoms with Crippen LogP contribution in [0.25, 0.3) is 0 Å². The number of rotatable bonds is 6. The minimum atomic E-state index is -3.36. The highest BCUT2D eigenvalue weighted by Gasteiger charge is 2.15. The van der Waals surface area contributed by atoms with Crippen LogP contribution in [-0.2, 0) is 9.84 Å². The van der Waals surface area contributed by atoms with Gasteiger partial charge >= 0.3 is 0 Å². The summed E-state index contributed by atoms with van der Waals surface area (Å²) in [5.74, 6) is 0. The van der Waals surface area contributed by atoms with Crippen molar-refractivity contribution >= 4 is 9.84 Å². The maximum Gasteiger partial charge on any atom is 0.202 e. The number of hydrogen-bond acceptors (Lipinski definition) is 3. The minimum absolute atomic E-state index is 0.333. The van der Waals surface area contributed by atoms with E-state index in [9.17, 15) is 8.42 Å². The third-order valence-corrected chi connectivity index (χ3v) is 4.79. The fourth-order valence-electron chi connectivity index (χ4n) is 1.61. The molecule has 1 aromatic rings. The Morgan fingerprint density at radius 3 is 2.26 bits per heavy atom. The van der Waals surface area contributed by atoms with E-state index >= 15 is 0 Å². The van der Waals surface area contributed by atoms with Gasteiger partial charge in [0.15, 0.2) is 0 Å². The molecular formula is C15H21NO2S. The Kier molecular flexibility index (Phi) is 5.83. The minimum Gasteiger partial charge on any atom is -0.378 e. The first-order chi connectivity index (χ1) is 9.02. The summed E-state index contributed by atoms with van der Waals surface area (Å²) < 4.78 is 24.5. The summed E-state index contributed by atoms with van der Waals surface area (Å²) >= 11 is 0. The maximum atomic E-state index is 12.2. The highest BCUT2D eigenvalue weighted by atomic mass is 32.2. The van der Waals surface area contributed by atoms with E-state index in [1.807, 2.05) is 6.20 Å². The first-order valence-electron chi connectivity index (χ1n) is 6.41. The standard InChI is InChI=1S/C15H21NO2S/c1-4-16(5-2)13-9-10-14(3)19(17,18)15-11-7-6-8-12-15/h6-13H,4-5H2,1-3H3. The van der Waals surface area contributed by atoms with Gasteiger partial charge in [0.05, 0.1) is 4.90 Å². The Morgan fingerprint density at radius 2 is 1.74 bits per heavy atom. The van der Waals surface area contributed by atoms with Crippen LogP contribution in [0.4, 0.5) is 0 Å². The van der Waals surface area contributed by atoms with Crippen molar-refractivity contribution in [3.8, 4) is 0 Å². The van der Waals surface area contributed by atoms with E-state index in [1.165, 1.54) is 0 Å². The monoisotopic (exact) mass is 279 g/mol. The second kappa shape index (κ2) is 7.14. The van der Waals surface area contributed by atoms with Crippen LogP contribution in [0.15, 0.2) is 58.5 Å². The van der Waals surface area contributed by atoms with E-state index in [1.54, 1.807) is 49.4 Å². The molecule has 104 valence electrons. The highest BCUT2D eigenvalue weighted by molar-refractivity contribution is 7.95. The summed E-state index contributed by atoms with van der Waals surface area (Å²) in [6, 6.07) is 8.48. The van der Waals surface area contributed by atoms with Crippen molar-refractivity contribution in [1.29, 1.82) is 0 Å². The first-order valence-corrected chi connectivity index (χ1v) is 7.90. The van der Waals surface area contributed by atoms with E-state index in [4.69, 9.17) is 0 Å². The van der Waals surface area contributed by atoms with Crippen LogP contribution in [0.2, 0.25) is 0 Å². The van der Waals surface area contributed by atoms with E-state index in [0.29, 0.717) is 9.80 Å². The van der Waals surface area contributed by atoms with Crippen molar-refractivity contribution in [3.63, 3.8) is 0 Å². The molecule has 4 heteroatoms. The lowest BCUT2D eigenvalue weighted by molar-refractivity contribution is 0.419. The Bertz CT molecular complexity index is 541. The summed E-state index contributed by atoms with van der Waals surface area (Å²) in [6.45, 7) is 7.56. The Balaban J connectivity index is 2.91. The summed E-state index contributed by atoms with van der Waals surface area (Å²) in [5.41, 5.74) is 0. The SMILES string of the molecule is CCN(C=CC=C(C)S(=O)(=O)c1ccccc1)CC. The molecule has 19 heavy (non-hydrogen) atoms. The van der Waals surface area contributed by atoms with Crippen molar-refractivity contribution in [2.45, 2.75) is 25.7 Å². The van der Waals surface area contributed by atoms with E-state index < -0.39 is 9.84 Å². The Hall–Kier alpha value is -1.55. The third-order valence-electron chi connectivity index (χ3n) is 2.92. The second-order valence-electron chi connectivity index (χ2n) is 4.16. The molecule has 0 saturated heterocycles. The molecule has 0 amide bonds. The molecular weight excluding hydrogens is 258 g/mol. The highest BCUT2D eigenvalue weighted by Crippen LogP contribution is 2.18. The molecule has 0 aromatic heterocycles. The summed E-state index contributed by atoms with van der Waals surface area (Å²) in [6.07, 6.45) is 5.33. The number of nitrogens with zero attached hydrogens (tertiary/aromatic N) is 1. The van der Waals surface area contributed by atoms with Crippen LogP contribution in [0.3, 0.4) is 0 Å². The lowest BCUT2D eigenvalue weighted by atomic mass is 10.4. The van der Waals surface area contributed by atoms with Crippen LogP contribution >= 0.6 is 0 Å². The van der Waals surface area contributed by atoms with Crippen molar-refractivity contribution < 1.29 is 8.42 Å². The number of hydrogen-bond donors (Lipinski definition) is 0. The fraction of sp³-hybridized carbons (Fsp3) is 0.333. The van der Waals surface area contributed by atoms with Gasteiger partial charge in [0.1, 0.15) is 0 Å². The maximum absolute atomic E-state index is 12.2. The molecule has 0 aliphatic carbocycles. The molecule has 0 saturated carbocycles. The molecule has 0 aliphatic rings. The van der Waals surface area contributed by atoms with E-state index in [-0.39, 0.29) is 0 Å². The van der Waals surface area contributed by atoms with Gasteiger partial charge in [-0.25, -0.2) is 8.42 Å². The Labute approximate surface area is 116 Å². The lowest BCUT2D eigenvalue weighted by Crippen LogP contribution is -2.14. The molecule has 0 aliphatic heterocycles. The molecule has 0 atom stereocenters. The molecule has 1 rings (SSSR count). The predicted octanol–water partition coefficient (Wildman–Crippen LogP) is 3.22. The summed E-state index contributed by atoms with van der Waals surface area (Å²) in [4.78, 5) is 2.78. The largest absolute Gasteiger partial charge is 0.378 e. The van der Waals surface area contributed by atoms with E-state index in [2.05, 4.69) is 18.7 Å². The summed E-state index contributed by atoms with van der Waals surface area (Å²) in [5, 5.41) is 0. The smallest absolute Gasteiger partial charge is 0.202 e. The molecule has 0 spiro atoms. The van der Waals surface area contributed by atoms with Crippen molar-refractivity contribution in [3.05, 3.63) is 53.6 Å². The number of allylic oxidation sites excluding steroid dienone is 3. The van der Waals surface area contributed by atoms with Gasteiger partial charge in [-0.1, -0.05) is 18.2 Å². The zero-order valence-electron chi connectivity index (χ0n) is 11.7. The quantitative estimate of drug-likeness (QED) is 0.750. The van der Waals surface area contributed by atoms with Crippen molar-refractivity contribution in [1.82, 2.24) is 4.90 Å². The Morgan fingerprint density at radius 1 is 1.16 bits per heavy atom. The van der Waals surface area contributed by atoms with Gasteiger partial charge in [-0.05, 0) is 51.3 Å². The van der Waals surface area contributed by atoms with Gasteiger partial charge in [-0.3, -0.25) is 0 Å². The third kappa shape index (κ3) is 4.24. The molecule has 3 nitrogen and oxygen atoms in total. The second-order valence-corrected chi connectivity index (χ2v) is 6.28. The van der Waals surface area contributed by atoms with Crippen LogP contribution in [-0.4, -0.2) is 26.4 Å². The lowest BCUT2D eigenvalue weighted by Gasteiger charge is -2.14. The molecule has 0 bridgehead atoms. The fourth-order valence-corrected chi connectivity index (χ4v) is 2.75. The summed E-state index contributed by atoms with van der Waals surface area (Å²) in [7, 11) is -3.36. The van der Waals surface area contributed by atoms with Gasteiger partial charge in [-0.15, -0.1) is 0 Å². The average Bonchev–Trinajstić information content (AvgIpc) is 2.44. The molecule has 1 aromatic carbocycles. The number of benzene rings is 1. The molecule has 0 radical (unpaired) electrons. The normalized spacial score (nSPS) is 12.9. The van der Waals surface area contributed by atoms with Crippen LogP contribution < -0.4 is 0 Å². The van der Waals surface area contributed by atoms with Gasteiger partial charge < -0.3 is 4.90 Å². The topological polar surface area (TPSA) is 37.4 Å². The molecule has 0 fully saturated rings. The van der Waals surface area contributed by atoms with Gasteiger partial charge in [0, 0.05) is 18.0 Å². The molecule has 0 unspecified atom stereocenters. The van der Waals surface area contributed by atoms with Gasteiger partial charge in [0.25, 0.3) is 0 Å². The number of sulfone groups is 1. The van der Waals surface area contributed by atoms with Crippen molar-refractivity contribution in [2.24, 2.45) is 0 Å².